The number of rotatable bonds is 3. The third kappa shape index (κ3) is 2.44. The van der Waals surface area contributed by atoms with Gasteiger partial charge in [-0.05, 0) is 19.8 Å². The molecule has 2 aromatic rings. The van der Waals surface area contributed by atoms with Crippen LogP contribution in [0.25, 0.3) is 16.9 Å². The van der Waals surface area contributed by atoms with Crippen molar-refractivity contribution in [3.8, 4) is 0 Å². The zero-order valence-corrected chi connectivity index (χ0v) is 11.3. The van der Waals surface area contributed by atoms with Crippen LogP contribution in [0.4, 0.5) is 5.82 Å². The van der Waals surface area contributed by atoms with Crippen LogP contribution in [0.2, 0.25) is 0 Å². The summed E-state index contributed by atoms with van der Waals surface area (Å²) >= 11 is 0. The molecular weight excluding hydrogens is 258 g/mol. The summed E-state index contributed by atoms with van der Waals surface area (Å²) in [6.45, 7) is 2.68. The number of nitrogens with two attached hydrogens (primary N) is 1. The van der Waals surface area contributed by atoms with Gasteiger partial charge in [-0.25, -0.2) is 15.0 Å². The zero-order chi connectivity index (χ0) is 13.9. The fourth-order valence-corrected chi connectivity index (χ4v) is 2.16. The monoisotopic (exact) mass is 275 g/mol. The summed E-state index contributed by atoms with van der Waals surface area (Å²) in [5.41, 5.74) is 7.88. The lowest BCUT2D eigenvalue weighted by atomic mass is 10.2. The van der Waals surface area contributed by atoms with E-state index in [9.17, 15) is 0 Å². The summed E-state index contributed by atoms with van der Waals surface area (Å²) in [5, 5.41) is 0. The quantitative estimate of drug-likeness (QED) is 0.859. The molecule has 0 bridgehead atoms. The summed E-state index contributed by atoms with van der Waals surface area (Å²) in [5.74, 6) is 0.373. The van der Waals surface area contributed by atoms with E-state index < -0.39 is 0 Å². The van der Waals surface area contributed by atoms with Crippen LogP contribution in [0.15, 0.2) is 18.9 Å². The second-order valence-electron chi connectivity index (χ2n) is 4.74. The van der Waals surface area contributed by atoms with E-state index in [1.54, 1.807) is 12.6 Å². The SMILES string of the molecule is C/C(=C\OC1CCCCO1)n1cnc2c(N)ncnc21. The van der Waals surface area contributed by atoms with Gasteiger partial charge in [-0.1, -0.05) is 0 Å². The summed E-state index contributed by atoms with van der Waals surface area (Å²) < 4.78 is 13.0. The molecule has 1 atom stereocenters. The molecule has 1 aliphatic heterocycles. The largest absolute Gasteiger partial charge is 0.471 e. The first kappa shape index (κ1) is 12.9. The van der Waals surface area contributed by atoms with Crippen molar-refractivity contribution in [1.82, 2.24) is 19.5 Å². The second kappa shape index (κ2) is 5.46. The van der Waals surface area contributed by atoms with E-state index in [1.807, 2.05) is 11.5 Å². The average molecular weight is 275 g/mol. The third-order valence-electron chi connectivity index (χ3n) is 3.27. The molecule has 1 unspecified atom stereocenters. The molecule has 1 aliphatic rings. The van der Waals surface area contributed by atoms with Crippen molar-refractivity contribution < 1.29 is 9.47 Å². The van der Waals surface area contributed by atoms with Gasteiger partial charge in [0.05, 0.1) is 12.3 Å². The van der Waals surface area contributed by atoms with Gasteiger partial charge in [0.25, 0.3) is 0 Å². The van der Waals surface area contributed by atoms with E-state index in [0.29, 0.717) is 17.0 Å². The molecule has 0 saturated carbocycles. The summed E-state index contributed by atoms with van der Waals surface area (Å²) in [6, 6.07) is 0. The van der Waals surface area contributed by atoms with Gasteiger partial charge in [0.1, 0.15) is 18.9 Å². The van der Waals surface area contributed by atoms with Gasteiger partial charge in [0.2, 0.25) is 0 Å². The Labute approximate surface area is 116 Å². The van der Waals surface area contributed by atoms with E-state index in [-0.39, 0.29) is 6.29 Å². The Morgan fingerprint density at radius 3 is 3.15 bits per heavy atom. The lowest BCUT2D eigenvalue weighted by Crippen LogP contribution is -2.20. The molecule has 20 heavy (non-hydrogen) atoms. The predicted octanol–water partition coefficient (Wildman–Crippen LogP) is 1.77. The molecule has 3 rings (SSSR count). The average Bonchev–Trinajstić information content (AvgIpc) is 2.91. The molecule has 0 radical (unpaired) electrons. The van der Waals surface area contributed by atoms with Crippen molar-refractivity contribution in [2.24, 2.45) is 0 Å². The van der Waals surface area contributed by atoms with Gasteiger partial charge >= 0.3 is 0 Å². The molecule has 0 aliphatic carbocycles. The molecule has 1 saturated heterocycles. The minimum atomic E-state index is -0.159. The number of nitrogen functional groups attached to an aromatic ring is 1. The van der Waals surface area contributed by atoms with Gasteiger partial charge in [0.15, 0.2) is 23.3 Å². The molecule has 0 amide bonds. The van der Waals surface area contributed by atoms with E-state index in [2.05, 4.69) is 15.0 Å². The van der Waals surface area contributed by atoms with E-state index in [1.165, 1.54) is 6.33 Å². The van der Waals surface area contributed by atoms with Gasteiger partial charge in [0, 0.05) is 6.42 Å². The van der Waals surface area contributed by atoms with Crippen molar-refractivity contribution in [3.63, 3.8) is 0 Å². The fraction of sp³-hybridized carbons (Fsp3) is 0.462. The molecule has 7 nitrogen and oxygen atoms in total. The highest BCUT2D eigenvalue weighted by molar-refractivity contribution is 5.83. The minimum Gasteiger partial charge on any atom is -0.471 e. The first-order chi connectivity index (χ1) is 9.75. The number of nitrogens with zero attached hydrogens (tertiary/aromatic N) is 4. The maximum atomic E-state index is 5.76. The molecule has 7 heteroatoms. The highest BCUT2D eigenvalue weighted by Gasteiger charge is 2.14. The predicted molar refractivity (Wildman–Crippen MR) is 74.4 cm³/mol. The lowest BCUT2D eigenvalue weighted by molar-refractivity contribution is -0.129. The van der Waals surface area contributed by atoms with Crippen molar-refractivity contribution in [2.75, 3.05) is 12.3 Å². The molecule has 106 valence electrons. The van der Waals surface area contributed by atoms with Crippen LogP contribution in [0, 0.1) is 0 Å². The Kier molecular flexibility index (Phi) is 3.51. The number of ether oxygens (including phenoxy) is 2. The topological polar surface area (TPSA) is 88.1 Å². The molecular formula is C13H17N5O2. The Hall–Kier alpha value is -2.15. The maximum absolute atomic E-state index is 5.76. The van der Waals surface area contributed by atoms with Crippen LogP contribution in [0.1, 0.15) is 26.2 Å². The Bertz CT molecular complexity index is 631. The fourth-order valence-electron chi connectivity index (χ4n) is 2.16. The second-order valence-corrected chi connectivity index (χ2v) is 4.74. The summed E-state index contributed by atoms with van der Waals surface area (Å²) in [4.78, 5) is 12.3. The third-order valence-corrected chi connectivity index (χ3v) is 3.27. The molecule has 2 N–H and O–H groups in total. The van der Waals surface area contributed by atoms with Crippen molar-refractivity contribution >= 4 is 22.7 Å². The van der Waals surface area contributed by atoms with Gasteiger partial charge in [-0.3, -0.25) is 4.57 Å². The Morgan fingerprint density at radius 2 is 2.35 bits per heavy atom. The number of imidazole rings is 1. The number of fused-ring (bicyclic) bond motifs is 1. The van der Waals surface area contributed by atoms with Crippen LogP contribution in [-0.2, 0) is 9.47 Å². The highest BCUT2D eigenvalue weighted by Crippen LogP contribution is 2.19. The first-order valence-corrected chi connectivity index (χ1v) is 6.63. The van der Waals surface area contributed by atoms with Crippen LogP contribution in [0.3, 0.4) is 0 Å². The molecule has 0 aromatic carbocycles. The van der Waals surface area contributed by atoms with E-state index >= 15 is 0 Å². The zero-order valence-electron chi connectivity index (χ0n) is 11.3. The van der Waals surface area contributed by atoms with Crippen molar-refractivity contribution in [1.29, 1.82) is 0 Å². The number of allylic oxidation sites excluding steroid dienone is 1. The minimum absolute atomic E-state index is 0.159. The van der Waals surface area contributed by atoms with Crippen LogP contribution in [0.5, 0.6) is 0 Å². The van der Waals surface area contributed by atoms with Crippen molar-refractivity contribution in [3.05, 3.63) is 18.9 Å². The molecule has 2 aromatic heterocycles. The molecule has 3 heterocycles. The normalized spacial score (nSPS) is 20.2. The molecule has 1 fully saturated rings. The van der Waals surface area contributed by atoms with Crippen LogP contribution < -0.4 is 5.73 Å². The Balaban J connectivity index is 1.81. The van der Waals surface area contributed by atoms with Crippen LogP contribution in [-0.4, -0.2) is 32.4 Å². The lowest BCUT2D eigenvalue weighted by Gasteiger charge is -2.22. The smallest absolute Gasteiger partial charge is 0.199 e. The maximum Gasteiger partial charge on any atom is 0.199 e. The Morgan fingerprint density at radius 1 is 1.45 bits per heavy atom. The highest BCUT2D eigenvalue weighted by atomic mass is 16.7. The molecule has 0 spiro atoms. The van der Waals surface area contributed by atoms with E-state index in [0.717, 1.165) is 31.6 Å². The van der Waals surface area contributed by atoms with E-state index in [4.69, 9.17) is 15.2 Å². The first-order valence-electron chi connectivity index (χ1n) is 6.63. The number of hydrogen-bond acceptors (Lipinski definition) is 6. The number of anilines is 1. The number of aromatic nitrogens is 4. The number of hydrogen-bond donors (Lipinski definition) is 1. The summed E-state index contributed by atoms with van der Waals surface area (Å²) in [7, 11) is 0. The van der Waals surface area contributed by atoms with Gasteiger partial charge < -0.3 is 15.2 Å². The van der Waals surface area contributed by atoms with Crippen LogP contribution >= 0.6 is 0 Å². The standard InChI is InChI=1S/C13H17N5O2/c1-9(6-20-10-4-2-3-5-19-10)18-8-17-11-12(14)15-7-16-13(11)18/h6-8,10H,2-5H2,1H3,(H2,14,15,16)/b9-6+. The summed E-state index contributed by atoms with van der Waals surface area (Å²) in [6.07, 6.45) is 7.76. The van der Waals surface area contributed by atoms with Gasteiger partial charge in [-0.2, -0.15) is 0 Å². The van der Waals surface area contributed by atoms with Crippen molar-refractivity contribution in [2.45, 2.75) is 32.5 Å². The van der Waals surface area contributed by atoms with Gasteiger partial charge in [-0.15, -0.1) is 0 Å².